The first-order valence-electron chi connectivity index (χ1n) is 5.69. The standard InChI is InChI=1S/C13H13NO2S/c15-9-5-8(6-9)14-13(16)11-7-17-12-4-2-1-3-10(11)12/h1-4,7-9,15H,5-6H2,(H,14,16). The number of carbonyl (C=O) groups excluding carboxylic acids is 1. The van der Waals surface area contributed by atoms with E-state index in [1.165, 1.54) is 0 Å². The molecule has 4 heteroatoms. The van der Waals surface area contributed by atoms with Crippen molar-refractivity contribution in [3.05, 3.63) is 35.2 Å². The predicted molar refractivity (Wildman–Crippen MR) is 68.3 cm³/mol. The van der Waals surface area contributed by atoms with Crippen LogP contribution in [-0.4, -0.2) is 23.2 Å². The van der Waals surface area contributed by atoms with Crippen molar-refractivity contribution >= 4 is 27.3 Å². The highest BCUT2D eigenvalue weighted by Crippen LogP contribution is 2.26. The molecule has 0 saturated heterocycles. The highest BCUT2D eigenvalue weighted by atomic mass is 32.1. The van der Waals surface area contributed by atoms with Gasteiger partial charge in [-0.05, 0) is 18.9 Å². The third-order valence-electron chi connectivity index (χ3n) is 3.17. The monoisotopic (exact) mass is 247 g/mol. The second kappa shape index (κ2) is 4.13. The Hall–Kier alpha value is -1.39. The average molecular weight is 247 g/mol. The van der Waals surface area contributed by atoms with Crippen LogP contribution in [0.1, 0.15) is 23.2 Å². The molecule has 1 amide bonds. The van der Waals surface area contributed by atoms with Crippen molar-refractivity contribution in [1.82, 2.24) is 5.32 Å². The highest BCUT2D eigenvalue weighted by Gasteiger charge is 2.29. The number of fused-ring (bicyclic) bond motifs is 1. The van der Waals surface area contributed by atoms with Gasteiger partial charge in [0.05, 0.1) is 11.7 Å². The Labute approximate surface area is 103 Å². The largest absolute Gasteiger partial charge is 0.393 e. The molecular weight excluding hydrogens is 234 g/mol. The zero-order valence-corrected chi connectivity index (χ0v) is 10.0. The van der Waals surface area contributed by atoms with E-state index in [0.717, 1.165) is 15.6 Å². The first-order valence-corrected chi connectivity index (χ1v) is 6.57. The zero-order valence-electron chi connectivity index (χ0n) is 9.22. The van der Waals surface area contributed by atoms with Gasteiger partial charge in [0, 0.05) is 21.5 Å². The second-order valence-electron chi connectivity index (χ2n) is 4.44. The molecule has 2 N–H and O–H groups in total. The molecule has 0 unspecified atom stereocenters. The fraction of sp³-hybridized carbons (Fsp3) is 0.308. The first-order chi connectivity index (χ1) is 8.24. The summed E-state index contributed by atoms with van der Waals surface area (Å²) in [5.74, 6) is -0.0284. The third-order valence-corrected chi connectivity index (χ3v) is 4.14. The number of nitrogens with one attached hydrogen (secondary N) is 1. The van der Waals surface area contributed by atoms with Crippen molar-refractivity contribution < 1.29 is 9.90 Å². The van der Waals surface area contributed by atoms with Crippen molar-refractivity contribution in [3.8, 4) is 0 Å². The van der Waals surface area contributed by atoms with Crippen molar-refractivity contribution in [2.75, 3.05) is 0 Å². The molecule has 2 aromatic rings. The topological polar surface area (TPSA) is 49.3 Å². The molecule has 3 rings (SSSR count). The van der Waals surface area contributed by atoms with Crippen LogP contribution in [0.25, 0.3) is 10.1 Å². The molecule has 3 nitrogen and oxygen atoms in total. The van der Waals surface area contributed by atoms with E-state index in [2.05, 4.69) is 5.32 Å². The Morgan fingerprint density at radius 3 is 2.88 bits per heavy atom. The minimum Gasteiger partial charge on any atom is -0.393 e. The van der Waals surface area contributed by atoms with E-state index in [0.29, 0.717) is 12.8 Å². The van der Waals surface area contributed by atoms with Gasteiger partial charge in [0.15, 0.2) is 0 Å². The number of benzene rings is 1. The lowest BCUT2D eigenvalue weighted by atomic mass is 9.89. The molecule has 0 atom stereocenters. The maximum Gasteiger partial charge on any atom is 0.252 e. The molecule has 1 fully saturated rings. The van der Waals surface area contributed by atoms with E-state index >= 15 is 0 Å². The lowest BCUT2D eigenvalue weighted by Crippen LogP contribution is -2.46. The van der Waals surface area contributed by atoms with E-state index in [9.17, 15) is 9.90 Å². The highest BCUT2D eigenvalue weighted by molar-refractivity contribution is 7.17. The van der Waals surface area contributed by atoms with Crippen molar-refractivity contribution in [2.24, 2.45) is 0 Å². The number of thiophene rings is 1. The third kappa shape index (κ3) is 1.94. The molecular formula is C13H13NO2S. The number of hydrogen-bond donors (Lipinski definition) is 2. The van der Waals surface area contributed by atoms with Gasteiger partial charge in [0.25, 0.3) is 5.91 Å². The number of aliphatic hydroxyl groups is 1. The number of carbonyl (C=O) groups is 1. The van der Waals surface area contributed by atoms with Crippen molar-refractivity contribution in [1.29, 1.82) is 0 Å². The molecule has 0 radical (unpaired) electrons. The molecule has 1 saturated carbocycles. The van der Waals surface area contributed by atoms with Crippen LogP contribution >= 0.6 is 11.3 Å². The summed E-state index contributed by atoms with van der Waals surface area (Å²) in [6, 6.07) is 8.04. The average Bonchev–Trinajstić information content (AvgIpc) is 2.70. The van der Waals surface area contributed by atoms with E-state index in [1.54, 1.807) is 11.3 Å². The lowest BCUT2D eigenvalue weighted by molar-refractivity contribution is 0.0563. The lowest BCUT2D eigenvalue weighted by Gasteiger charge is -2.31. The van der Waals surface area contributed by atoms with Crippen molar-refractivity contribution in [3.63, 3.8) is 0 Å². The zero-order chi connectivity index (χ0) is 11.8. The summed E-state index contributed by atoms with van der Waals surface area (Å²) < 4.78 is 1.13. The van der Waals surface area contributed by atoms with Crippen LogP contribution in [0.3, 0.4) is 0 Å². The predicted octanol–water partition coefficient (Wildman–Crippen LogP) is 2.15. The number of hydrogen-bond acceptors (Lipinski definition) is 3. The van der Waals surface area contributed by atoms with Gasteiger partial charge < -0.3 is 10.4 Å². The Balaban J connectivity index is 1.81. The SMILES string of the molecule is O=C(NC1CC(O)C1)c1csc2ccccc12. The Bertz CT molecular complexity index is 557. The summed E-state index contributed by atoms with van der Waals surface area (Å²) in [7, 11) is 0. The minimum absolute atomic E-state index is 0.0284. The van der Waals surface area contributed by atoms with Crippen LogP contribution in [0, 0.1) is 0 Å². The van der Waals surface area contributed by atoms with E-state index in [-0.39, 0.29) is 18.1 Å². The Morgan fingerprint density at radius 2 is 2.12 bits per heavy atom. The molecule has 1 aromatic carbocycles. The smallest absolute Gasteiger partial charge is 0.252 e. The quantitative estimate of drug-likeness (QED) is 0.854. The summed E-state index contributed by atoms with van der Waals surface area (Å²) in [4.78, 5) is 12.0. The molecule has 1 aliphatic rings. The van der Waals surface area contributed by atoms with Gasteiger partial charge >= 0.3 is 0 Å². The molecule has 1 heterocycles. The fourth-order valence-corrected chi connectivity index (χ4v) is 3.06. The molecule has 1 aliphatic carbocycles. The maximum atomic E-state index is 12.0. The fourth-order valence-electron chi connectivity index (χ4n) is 2.12. The Morgan fingerprint density at radius 1 is 1.35 bits per heavy atom. The number of aliphatic hydroxyl groups excluding tert-OH is 1. The minimum atomic E-state index is -0.237. The molecule has 88 valence electrons. The van der Waals surface area contributed by atoms with Gasteiger partial charge in [0.2, 0.25) is 0 Å². The van der Waals surface area contributed by atoms with Gasteiger partial charge in [-0.2, -0.15) is 0 Å². The maximum absolute atomic E-state index is 12.0. The molecule has 17 heavy (non-hydrogen) atoms. The summed E-state index contributed by atoms with van der Waals surface area (Å²) in [6.07, 6.45) is 1.11. The normalized spacial score (nSPS) is 23.4. The number of rotatable bonds is 2. The van der Waals surface area contributed by atoms with Crippen LogP contribution < -0.4 is 5.32 Å². The van der Waals surface area contributed by atoms with Crippen LogP contribution in [0.4, 0.5) is 0 Å². The van der Waals surface area contributed by atoms with E-state index < -0.39 is 0 Å². The van der Waals surface area contributed by atoms with Gasteiger partial charge in [-0.1, -0.05) is 18.2 Å². The van der Waals surface area contributed by atoms with Crippen molar-refractivity contribution in [2.45, 2.75) is 25.0 Å². The molecule has 0 aliphatic heterocycles. The van der Waals surface area contributed by atoms with Gasteiger partial charge in [-0.25, -0.2) is 0 Å². The molecule has 1 aromatic heterocycles. The van der Waals surface area contributed by atoms with Gasteiger partial charge in [0.1, 0.15) is 0 Å². The van der Waals surface area contributed by atoms with E-state index in [1.807, 2.05) is 29.6 Å². The summed E-state index contributed by atoms with van der Waals surface area (Å²) in [5.41, 5.74) is 0.743. The first kappa shape index (κ1) is 10.7. The van der Waals surface area contributed by atoms with Gasteiger partial charge in [-0.15, -0.1) is 11.3 Å². The Kier molecular flexibility index (Phi) is 2.61. The summed E-state index contributed by atoms with van der Waals surface area (Å²) in [6.45, 7) is 0. The van der Waals surface area contributed by atoms with Crippen LogP contribution in [0.2, 0.25) is 0 Å². The second-order valence-corrected chi connectivity index (χ2v) is 5.35. The summed E-state index contributed by atoms with van der Waals surface area (Å²) >= 11 is 1.59. The van der Waals surface area contributed by atoms with Gasteiger partial charge in [-0.3, -0.25) is 4.79 Å². The van der Waals surface area contributed by atoms with E-state index in [4.69, 9.17) is 0 Å². The van der Waals surface area contributed by atoms with Crippen LogP contribution in [0.15, 0.2) is 29.6 Å². The summed E-state index contributed by atoms with van der Waals surface area (Å²) in [5, 5.41) is 15.0. The molecule has 0 bridgehead atoms. The number of amides is 1. The van der Waals surface area contributed by atoms with Crippen LogP contribution in [-0.2, 0) is 0 Å². The molecule has 0 spiro atoms. The van der Waals surface area contributed by atoms with Crippen LogP contribution in [0.5, 0.6) is 0 Å².